The van der Waals surface area contributed by atoms with E-state index in [1.165, 1.54) is 48.3 Å². The number of nitriles is 1. The summed E-state index contributed by atoms with van der Waals surface area (Å²) in [6, 6.07) is 8.86. The van der Waals surface area contributed by atoms with E-state index >= 15 is 0 Å². The van der Waals surface area contributed by atoms with Crippen molar-refractivity contribution in [2.24, 2.45) is 10.7 Å². The summed E-state index contributed by atoms with van der Waals surface area (Å²) in [4.78, 5) is 19.8. The first-order valence-electron chi connectivity index (χ1n) is 10.7. The number of carbonyl (C=O) groups excluding carboxylic acids is 1. The van der Waals surface area contributed by atoms with Crippen molar-refractivity contribution in [2.45, 2.75) is 37.2 Å². The number of aliphatic hydroxyl groups excluding tert-OH is 1. The van der Waals surface area contributed by atoms with Crippen molar-refractivity contribution in [1.29, 1.82) is 5.26 Å². The normalized spacial score (nSPS) is 22.3. The van der Waals surface area contributed by atoms with Crippen LogP contribution < -0.4 is 5.73 Å². The van der Waals surface area contributed by atoms with Crippen LogP contribution in [-0.4, -0.2) is 51.0 Å². The number of nitrogens with two attached hydrogens (primary N) is 1. The number of rotatable bonds is 4. The lowest BCUT2D eigenvalue weighted by atomic mass is 9.99. The molecule has 1 fully saturated rings. The number of aliphatic imine (C=N–C) groups is 1. The van der Waals surface area contributed by atoms with Gasteiger partial charge in [-0.25, -0.2) is 8.78 Å². The molecule has 3 atom stereocenters. The number of amides is 1. The summed E-state index contributed by atoms with van der Waals surface area (Å²) in [5.74, 6) is -0.956. The summed E-state index contributed by atoms with van der Waals surface area (Å²) in [5.41, 5.74) is 7.17. The average molecular weight is 486 g/mol. The maximum atomic E-state index is 14.4. The van der Waals surface area contributed by atoms with Gasteiger partial charge >= 0.3 is 0 Å². The Morgan fingerprint density at radius 3 is 2.74 bits per heavy atom. The predicted octanol–water partition coefficient (Wildman–Crippen LogP) is 3.65. The molecular formula is C24H25F2N5O2S. The van der Waals surface area contributed by atoms with Crippen LogP contribution in [0.1, 0.15) is 48.2 Å². The van der Waals surface area contributed by atoms with Crippen molar-refractivity contribution in [3.05, 3.63) is 64.7 Å². The number of thioether (sulfide) groups is 1. The van der Waals surface area contributed by atoms with Gasteiger partial charge in [0.25, 0.3) is 0 Å². The average Bonchev–Trinajstić information content (AvgIpc) is 3.25. The Bertz CT molecular complexity index is 1120. The summed E-state index contributed by atoms with van der Waals surface area (Å²) in [6.45, 7) is 3.24. The van der Waals surface area contributed by atoms with Gasteiger partial charge in [-0.2, -0.15) is 5.26 Å². The topological polar surface area (TPSA) is 116 Å². The Kier molecular flexibility index (Phi) is 8.73. The Labute approximate surface area is 201 Å². The number of aromatic nitrogens is 1. The van der Waals surface area contributed by atoms with Crippen LogP contribution in [0.4, 0.5) is 8.78 Å². The third-order valence-electron chi connectivity index (χ3n) is 5.31. The molecule has 3 unspecified atom stereocenters. The second-order valence-corrected chi connectivity index (χ2v) is 9.47. The van der Waals surface area contributed by atoms with Crippen LogP contribution >= 0.6 is 11.8 Å². The molecule has 178 valence electrons. The van der Waals surface area contributed by atoms with E-state index in [1.54, 1.807) is 11.0 Å². The second kappa shape index (κ2) is 11.7. The van der Waals surface area contributed by atoms with Crippen molar-refractivity contribution in [3.8, 4) is 6.07 Å². The summed E-state index contributed by atoms with van der Waals surface area (Å²) < 4.78 is 28.7. The highest BCUT2D eigenvalue weighted by Crippen LogP contribution is 2.35. The van der Waals surface area contributed by atoms with Crippen molar-refractivity contribution < 1.29 is 18.7 Å². The first-order valence-corrected chi connectivity index (χ1v) is 11.6. The number of likely N-dealkylation sites (tertiary alicyclic amines) is 1. The molecule has 3 N–H and O–H groups in total. The molecule has 1 aromatic carbocycles. The van der Waals surface area contributed by atoms with E-state index < -0.39 is 5.83 Å². The van der Waals surface area contributed by atoms with Gasteiger partial charge in [0.05, 0.1) is 23.4 Å². The van der Waals surface area contributed by atoms with Gasteiger partial charge in [-0.05, 0) is 48.7 Å². The first kappa shape index (κ1) is 25.3. The lowest BCUT2D eigenvalue weighted by Gasteiger charge is -2.23. The van der Waals surface area contributed by atoms with E-state index in [-0.39, 0.29) is 28.9 Å². The predicted molar refractivity (Wildman–Crippen MR) is 129 cm³/mol. The molecule has 1 aromatic heterocycles. The van der Waals surface area contributed by atoms with Gasteiger partial charge in [0.2, 0.25) is 6.41 Å². The third-order valence-corrected chi connectivity index (χ3v) is 6.26. The van der Waals surface area contributed by atoms with Crippen LogP contribution in [0.15, 0.2) is 41.5 Å². The van der Waals surface area contributed by atoms with Crippen LogP contribution in [0.3, 0.4) is 0 Å². The molecular weight excluding hydrogens is 460 g/mol. The molecule has 3 heterocycles. The standard InChI is InChI=1S/C19H16F2N4S.C5H9NO2/c1-11-6-18(25-19(23)26-11)14-7-12(2-4-15(14)20)8-16(21)17-5-3-13(9-22)10-24-17;7-4-6-2-1-5(8)3-6/h2-5,7-8,10-11,18H,6H2,1H3,(H2,23,25);4-5,8H,1-3H2/b16-8-;. The summed E-state index contributed by atoms with van der Waals surface area (Å²) in [6.07, 6.45) is 4.48. The van der Waals surface area contributed by atoms with Gasteiger partial charge < -0.3 is 15.7 Å². The maximum absolute atomic E-state index is 14.4. The number of benzene rings is 1. The minimum absolute atomic E-state index is 0.111. The Morgan fingerprint density at radius 1 is 1.38 bits per heavy atom. The fourth-order valence-corrected chi connectivity index (χ4v) is 4.47. The number of amidine groups is 1. The highest BCUT2D eigenvalue weighted by atomic mass is 32.2. The zero-order chi connectivity index (χ0) is 24.7. The number of hydrogen-bond acceptors (Lipinski definition) is 7. The van der Waals surface area contributed by atoms with Crippen molar-refractivity contribution in [3.63, 3.8) is 0 Å². The minimum atomic E-state index is -0.567. The number of β-amino-alcohol motifs (C(OH)–C–C–N with tert-alkyl or cyclic N) is 1. The van der Waals surface area contributed by atoms with Gasteiger partial charge in [0.1, 0.15) is 17.7 Å². The number of carbonyl (C=O) groups is 1. The number of hydrogen-bond donors (Lipinski definition) is 2. The van der Waals surface area contributed by atoms with Crippen LogP contribution in [0, 0.1) is 17.1 Å². The monoisotopic (exact) mass is 485 g/mol. The van der Waals surface area contributed by atoms with Gasteiger partial charge in [0, 0.05) is 30.1 Å². The fourth-order valence-electron chi connectivity index (χ4n) is 3.59. The highest BCUT2D eigenvalue weighted by molar-refractivity contribution is 8.14. The summed E-state index contributed by atoms with van der Waals surface area (Å²) in [5, 5.41) is 18.3. The van der Waals surface area contributed by atoms with Crippen molar-refractivity contribution in [1.82, 2.24) is 9.88 Å². The first-order chi connectivity index (χ1) is 16.3. The van der Waals surface area contributed by atoms with Gasteiger partial charge in [-0.1, -0.05) is 24.8 Å². The molecule has 1 saturated heterocycles. The SMILES string of the molecule is CC1CC(c2cc(/C=C(\F)c3ccc(C#N)cn3)ccc2F)N=C(N)S1.O=CN1CCC(O)C1. The van der Waals surface area contributed by atoms with Crippen molar-refractivity contribution in [2.75, 3.05) is 13.1 Å². The Morgan fingerprint density at radius 2 is 2.18 bits per heavy atom. The molecule has 0 saturated carbocycles. The lowest BCUT2D eigenvalue weighted by Crippen LogP contribution is -2.21. The van der Waals surface area contributed by atoms with Crippen LogP contribution in [0.2, 0.25) is 0 Å². The number of pyridine rings is 1. The quantitative estimate of drug-likeness (QED) is 0.639. The minimum Gasteiger partial charge on any atom is -0.391 e. The number of nitrogens with zero attached hydrogens (tertiary/aromatic N) is 4. The van der Waals surface area contributed by atoms with E-state index in [9.17, 15) is 13.6 Å². The van der Waals surface area contributed by atoms with E-state index in [2.05, 4.69) is 9.98 Å². The number of halogens is 2. The van der Waals surface area contributed by atoms with E-state index in [0.717, 1.165) is 12.8 Å². The summed E-state index contributed by atoms with van der Waals surface area (Å²) in [7, 11) is 0. The molecule has 0 aliphatic carbocycles. The number of aliphatic hydroxyl groups is 1. The van der Waals surface area contributed by atoms with Crippen LogP contribution in [0.25, 0.3) is 11.9 Å². The lowest BCUT2D eigenvalue weighted by molar-refractivity contribution is -0.117. The molecule has 2 aliphatic heterocycles. The smallest absolute Gasteiger partial charge is 0.209 e. The Hall–Kier alpha value is -3.29. The molecule has 2 aliphatic rings. The molecule has 0 bridgehead atoms. The molecule has 34 heavy (non-hydrogen) atoms. The zero-order valence-corrected chi connectivity index (χ0v) is 19.4. The largest absolute Gasteiger partial charge is 0.391 e. The third kappa shape index (κ3) is 6.85. The second-order valence-electron chi connectivity index (χ2n) is 8.01. The fraction of sp³-hybridized carbons (Fsp3) is 0.333. The van der Waals surface area contributed by atoms with E-state index in [0.29, 0.717) is 41.4 Å². The molecule has 0 radical (unpaired) electrons. The van der Waals surface area contributed by atoms with Crippen molar-refractivity contribution >= 4 is 35.2 Å². The zero-order valence-electron chi connectivity index (χ0n) is 18.6. The van der Waals surface area contributed by atoms with E-state index in [4.69, 9.17) is 16.1 Å². The molecule has 7 nitrogen and oxygen atoms in total. The molecule has 2 aromatic rings. The van der Waals surface area contributed by atoms with Crippen LogP contribution in [0.5, 0.6) is 0 Å². The maximum Gasteiger partial charge on any atom is 0.209 e. The summed E-state index contributed by atoms with van der Waals surface area (Å²) >= 11 is 1.46. The highest BCUT2D eigenvalue weighted by Gasteiger charge is 2.24. The Balaban J connectivity index is 0.000000343. The molecule has 1 amide bonds. The molecule has 10 heteroatoms. The van der Waals surface area contributed by atoms with Gasteiger partial charge in [-0.3, -0.25) is 14.8 Å². The van der Waals surface area contributed by atoms with Gasteiger partial charge in [0.15, 0.2) is 5.17 Å². The van der Waals surface area contributed by atoms with Crippen LogP contribution in [-0.2, 0) is 4.79 Å². The molecule has 4 rings (SSSR count). The van der Waals surface area contributed by atoms with Gasteiger partial charge in [-0.15, -0.1) is 0 Å². The van der Waals surface area contributed by atoms with E-state index in [1.807, 2.05) is 13.0 Å². The molecule has 0 spiro atoms.